The molecule has 0 aromatic carbocycles. The van der Waals surface area contributed by atoms with E-state index in [1.54, 1.807) is 0 Å². The summed E-state index contributed by atoms with van der Waals surface area (Å²) in [4.78, 5) is -4.84. The van der Waals surface area contributed by atoms with E-state index in [4.69, 9.17) is 0 Å². The molecule has 23 heteroatoms. The van der Waals surface area contributed by atoms with Crippen LogP contribution in [0.1, 0.15) is 0 Å². The molecule has 0 N–H and O–H groups in total. The topological polar surface area (TPSA) is 12.5 Å². The van der Waals surface area contributed by atoms with Crippen LogP contribution >= 0.6 is 0 Å². The molecule has 0 rings (SSSR count). The molecule has 0 saturated carbocycles. The van der Waals surface area contributed by atoms with Gasteiger partial charge in [-0.2, -0.15) is 92.2 Å². The van der Waals surface area contributed by atoms with Gasteiger partial charge in [0.1, 0.15) is 0 Å². The van der Waals surface area contributed by atoms with Gasteiger partial charge in [0, 0.05) is 0 Å². The van der Waals surface area contributed by atoms with Crippen LogP contribution in [0.3, 0.4) is 0 Å². The first-order valence-electron chi connectivity index (χ1n) is 6.55. The number of hydrogen-bond donors (Lipinski definition) is 0. The molecule has 2 nitrogen and oxygen atoms in total. The molecular formula is C10F21NO. The Labute approximate surface area is 164 Å². The molecule has 0 aliphatic carbocycles. The molecule has 0 aromatic rings. The van der Waals surface area contributed by atoms with E-state index in [-0.39, 0.29) is 0 Å². The molecule has 0 aliphatic heterocycles. The van der Waals surface area contributed by atoms with E-state index >= 15 is 0 Å². The minimum Gasteiger partial charge on any atom is -0.283 e. The fourth-order valence-electron chi connectivity index (χ4n) is 1.86. The Hall–Kier alpha value is -1.81. The number of nitrogens with zero attached hydrogens (tertiary/aromatic N) is 1. The second-order valence-electron chi connectivity index (χ2n) is 5.26. The van der Waals surface area contributed by atoms with Crippen LogP contribution in [0.4, 0.5) is 92.2 Å². The van der Waals surface area contributed by atoms with E-state index in [0.29, 0.717) is 0 Å². The van der Waals surface area contributed by atoms with Gasteiger partial charge in [-0.25, -0.2) is 0 Å². The second kappa shape index (κ2) is 8.15. The highest BCUT2D eigenvalue weighted by molar-refractivity contribution is 5.14. The summed E-state index contributed by atoms with van der Waals surface area (Å²) in [5.74, 6) is -14.0. The minimum absolute atomic E-state index is 1.22. The summed E-state index contributed by atoms with van der Waals surface area (Å²) in [6, 6.07) is -8.85. The highest BCUT2D eigenvalue weighted by Crippen LogP contribution is 2.63. The highest BCUT2D eigenvalue weighted by Gasteiger charge is 2.94. The highest BCUT2D eigenvalue weighted by atomic mass is 19.4. The zero-order chi connectivity index (χ0) is 27.4. The lowest BCUT2D eigenvalue weighted by Gasteiger charge is -2.47. The SMILES string of the molecule is FC(F)=C(F)C(F)(F)OC(C(F)(F)F)(C(F)(F)F)C(F)(F)C(F)(F)N(C(F)(F)F)C(F)(F)F. The maximum absolute atomic E-state index is 13.8. The lowest BCUT2D eigenvalue weighted by Crippen LogP contribution is -2.79. The Bertz CT molecular complexity index is 702. The number of ether oxygens (including phenoxy) is 1. The van der Waals surface area contributed by atoms with Crippen molar-refractivity contribution in [2.24, 2.45) is 0 Å². The van der Waals surface area contributed by atoms with Crippen LogP contribution in [0.15, 0.2) is 11.9 Å². The van der Waals surface area contributed by atoms with Crippen LogP contribution in [0.2, 0.25) is 0 Å². The standard InChI is InChI=1S/C10F21NO/c11-1(2(12)13)3(14,15)33-4(6(18,19)20,7(21,22)23)5(16,17)8(24,25)32(9(26,27)28)10(29,30)31. The van der Waals surface area contributed by atoms with Crippen LogP contribution in [0, 0.1) is 0 Å². The van der Waals surface area contributed by atoms with E-state index in [1.807, 2.05) is 0 Å². The van der Waals surface area contributed by atoms with E-state index in [0.717, 1.165) is 0 Å². The number of hydrogen-bond acceptors (Lipinski definition) is 2. The lowest BCUT2D eigenvalue weighted by molar-refractivity contribution is -0.534. The van der Waals surface area contributed by atoms with Crippen molar-refractivity contribution < 1.29 is 96.9 Å². The molecule has 0 saturated heterocycles. The fourth-order valence-corrected chi connectivity index (χ4v) is 1.86. The largest absolute Gasteiger partial charge is 0.472 e. The Morgan fingerprint density at radius 1 is 0.515 bits per heavy atom. The molecule has 0 fully saturated rings. The van der Waals surface area contributed by atoms with Crippen molar-refractivity contribution in [3.05, 3.63) is 11.9 Å². The van der Waals surface area contributed by atoms with Gasteiger partial charge in [0.25, 0.3) is 5.83 Å². The maximum atomic E-state index is 13.8. The molecule has 0 unspecified atom stereocenters. The van der Waals surface area contributed by atoms with Crippen molar-refractivity contribution in [2.75, 3.05) is 0 Å². The Balaban J connectivity index is 7.65. The molecule has 0 bridgehead atoms. The summed E-state index contributed by atoms with van der Waals surface area (Å²) in [7, 11) is 0. The van der Waals surface area contributed by atoms with Gasteiger partial charge in [0.2, 0.25) is 0 Å². The summed E-state index contributed by atoms with van der Waals surface area (Å²) in [6.07, 6.45) is -45.4. The summed E-state index contributed by atoms with van der Waals surface area (Å²) in [5.41, 5.74) is -8.86. The first kappa shape index (κ1) is 31.2. The van der Waals surface area contributed by atoms with Crippen LogP contribution in [0.25, 0.3) is 0 Å². The van der Waals surface area contributed by atoms with Crippen LogP contribution < -0.4 is 0 Å². The molecule has 0 heterocycles. The third kappa shape index (κ3) is 5.16. The molecule has 33 heavy (non-hydrogen) atoms. The van der Waals surface area contributed by atoms with E-state index < -0.39 is 65.4 Å². The average molecular weight is 549 g/mol. The molecular weight excluding hydrogens is 549 g/mol. The zero-order valence-electron chi connectivity index (χ0n) is 13.8. The van der Waals surface area contributed by atoms with Gasteiger partial charge in [0.05, 0.1) is 0 Å². The van der Waals surface area contributed by atoms with E-state index in [2.05, 4.69) is 0 Å². The molecule has 0 aromatic heterocycles. The monoisotopic (exact) mass is 549 g/mol. The van der Waals surface area contributed by atoms with Gasteiger partial charge >= 0.3 is 54.7 Å². The maximum Gasteiger partial charge on any atom is 0.472 e. The van der Waals surface area contributed by atoms with E-state index in [9.17, 15) is 92.2 Å². The van der Waals surface area contributed by atoms with Crippen LogP contribution in [-0.2, 0) is 4.74 Å². The van der Waals surface area contributed by atoms with Crippen molar-refractivity contribution in [3.63, 3.8) is 0 Å². The third-order valence-electron chi connectivity index (χ3n) is 3.11. The first-order valence-corrected chi connectivity index (χ1v) is 6.55. The van der Waals surface area contributed by atoms with Crippen molar-refractivity contribution >= 4 is 0 Å². The van der Waals surface area contributed by atoms with E-state index in [1.165, 1.54) is 4.74 Å². The predicted molar refractivity (Wildman–Crippen MR) is 55.1 cm³/mol. The molecule has 0 amide bonds. The third-order valence-corrected chi connectivity index (χ3v) is 3.11. The minimum atomic E-state index is -9.14. The smallest absolute Gasteiger partial charge is 0.283 e. The number of alkyl halides is 18. The van der Waals surface area contributed by atoms with Crippen LogP contribution in [-0.4, -0.2) is 53.5 Å². The van der Waals surface area contributed by atoms with Gasteiger partial charge in [-0.3, -0.25) is 4.74 Å². The summed E-state index contributed by atoms with van der Waals surface area (Å²) >= 11 is 0. The van der Waals surface area contributed by atoms with Gasteiger partial charge < -0.3 is 0 Å². The number of rotatable bonds is 6. The van der Waals surface area contributed by atoms with Crippen molar-refractivity contribution in [1.29, 1.82) is 0 Å². The number of halogens is 21. The van der Waals surface area contributed by atoms with Gasteiger partial charge in [-0.1, -0.05) is 4.90 Å². The predicted octanol–water partition coefficient (Wildman–Crippen LogP) is 7.11. The first-order chi connectivity index (χ1) is 13.9. The van der Waals surface area contributed by atoms with Crippen molar-refractivity contribution in [2.45, 2.75) is 48.6 Å². The van der Waals surface area contributed by atoms with Crippen molar-refractivity contribution in [3.8, 4) is 0 Å². The van der Waals surface area contributed by atoms with Crippen LogP contribution in [0.5, 0.6) is 0 Å². The van der Waals surface area contributed by atoms with Gasteiger partial charge in [-0.05, 0) is 0 Å². The molecule has 198 valence electrons. The van der Waals surface area contributed by atoms with Gasteiger partial charge in [0.15, 0.2) is 0 Å². The molecule has 0 atom stereocenters. The average Bonchev–Trinajstić information content (AvgIpc) is 2.45. The molecule has 0 aliphatic rings. The normalized spacial score (nSPS) is 15.8. The Morgan fingerprint density at radius 2 is 0.818 bits per heavy atom. The van der Waals surface area contributed by atoms with Crippen molar-refractivity contribution in [1.82, 2.24) is 4.90 Å². The molecule has 0 spiro atoms. The second-order valence-corrected chi connectivity index (χ2v) is 5.26. The summed E-state index contributed by atoms with van der Waals surface area (Å²) in [6.45, 7) is 0. The Kier molecular flexibility index (Phi) is 7.70. The Morgan fingerprint density at radius 3 is 1.03 bits per heavy atom. The fraction of sp³-hybridized carbons (Fsp3) is 0.800. The van der Waals surface area contributed by atoms with Gasteiger partial charge in [-0.15, -0.1) is 0 Å². The molecule has 0 radical (unpaired) electrons. The quantitative estimate of drug-likeness (QED) is 0.259. The zero-order valence-corrected chi connectivity index (χ0v) is 13.8. The lowest BCUT2D eigenvalue weighted by atomic mass is 9.90. The summed E-state index contributed by atoms with van der Waals surface area (Å²) < 4.78 is 269. The summed E-state index contributed by atoms with van der Waals surface area (Å²) in [5, 5.41) is 0.